The Labute approximate surface area is 148 Å². The van der Waals surface area contributed by atoms with Crippen molar-refractivity contribution in [1.82, 2.24) is 4.90 Å². The molecule has 1 fully saturated rings. The minimum absolute atomic E-state index is 0.344. The Morgan fingerprint density at radius 1 is 0.960 bits per heavy atom. The zero-order valence-corrected chi connectivity index (χ0v) is 15.0. The number of hydrogen-bond acceptors (Lipinski definition) is 6. The SMILES string of the molecule is CN(C)CCCNc1c(N2CCN(c3ccccc3)CC2)c(=O)c1=O. The molecule has 0 amide bonds. The summed E-state index contributed by atoms with van der Waals surface area (Å²) in [5.74, 6) is 0. The molecular formula is C19H26N4O2. The Morgan fingerprint density at radius 2 is 1.60 bits per heavy atom. The van der Waals surface area contributed by atoms with Crippen molar-refractivity contribution < 1.29 is 0 Å². The lowest BCUT2D eigenvalue weighted by Gasteiger charge is -2.38. The molecule has 1 aliphatic heterocycles. The highest BCUT2D eigenvalue weighted by atomic mass is 16.2. The molecule has 2 aromatic rings. The van der Waals surface area contributed by atoms with Gasteiger partial charge < -0.3 is 20.0 Å². The maximum atomic E-state index is 12.1. The van der Waals surface area contributed by atoms with Crippen molar-refractivity contribution in [1.29, 1.82) is 0 Å². The molecule has 25 heavy (non-hydrogen) atoms. The largest absolute Gasteiger partial charge is 0.380 e. The van der Waals surface area contributed by atoms with Crippen LogP contribution in [0, 0.1) is 0 Å². The Bertz CT molecular complexity index is 757. The van der Waals surface area contributed by atoms with E-state index in [0.717, 1.165) is 39.1 Å². The summed E-state index contributed by atoms with van der Waals surface area (Å²) < 4.78 is 0. The number of nitrogens with zero attached hydrogens (tertiary/aromatic N) is 3. The number of rotatable bonds is 7. The van der Waals surface area contributed by atoms with E-state index in [9.17, 15) is 9.59 Å². The van der Waals surface area contributed by atoms with Crippen molar-refractivity contribution in [3.63, 3.8) is 0 Å². The monoisotopic (exact) mass is 342 g/mol. The molecule has 1 saturated heterocycles. The molecule has 3 rings (SSSR count). The van der Waals surface area contributed by atoms with Gasteiger partial charge in [0.05, 0.1) is 0 Å². The molecule has 0 saturated carbocycles. The molecule has 0 radical (unpaired) electrons. The van der Waals surface area contributed by atoms with E-state index in [0.29, 0.717) is 17.9 Å². The molecule has 0 aromatic heterocycles. The van der Waals surface area contributed by atoms with Gasteiger partial charge in [0, 0.05) is 38.4 Å². The van der Waals surface area contributed by atoms with Crippen LogP contribution in [0.2, 0.25) is 0 Å². The molecule has 0 aliphatic carbocycles. The maximum Gasteiger partial charge on any atom is 0.253 e. The fourth-order valence-corrected chi connectivity index (χ4v) is 3.28. The highest BCUT2D eigenvalue weighted by molar-refractivity contribution is 5.75. The standard InChI is InChI=1S/C19H26N4O2/c1-21(2)10-6-9-20-16-17(19(25)18(16)24)23-13-11-22(12-14-23)15-7-4-3-5-8-15/h3-5,7-8,20H,6,9-14H2,1-2H3. The summed E-state index contributed by atoms with van der Waals surface area (Å²) in [5, 5.41) is 3.17. The van der Waals surface area contributed by atoms with Crippen LogP contribution in [0.4, 0.5) is 17.1 Å². The van der Waals surface area contributed by atoms with Gasteiger partial charge in [-0.25, -0.2) is 0 Å². The van der Waals surface area contributed by atoms with Crippen LogP contribution in [0.1, 0.15) is 6.42 Å². The summed E-state index contributed by atoms with van der Waals surface area (Å²) in [5.41, 5.74) is 1.59. The van der Waals surface area contributed by atoms with Gasteiger partial charge in [0.2, 0.25) is 0 Å². The molecule has 2 aromatic carbocycles. The summed E-state index contributed by atoms with van der Waals surface area (Å²) in [6.45, 7) is 4.87. The van der Waals surface area contributed by atoms with Crippen LogP contribution in [0.15, 0.2) is 39.9 Å². The number of anilines is 3. The summed E-state index contributed by atoms with van der Waals surface area (Å²) in [4.78, 5) is 30.4. The van der Waals surface area contributed by atoms with Gasteiger partial charge in [-0.1, -0.05) is 18.2 Å². The third-order valence-corrected chi connectivity index (χ3v) is 4.69. The zero-order chi connectivity index (χ0) is 17.8. The second kappa shape index (κ2) is 7.70. The average molecular weight is 342 g/mol. The predicted octanol–water partition coefficient (Wildman–Crippen LogP) is 0.973. The van der Waals surface area contributed by atoms with Crippen LogP contribution >= 0.6 is 0 Å². The van der Waals surface area contributed by atoms with Gasteiger partial charge in [-0.3, -0.25) is 9.59 Å². The smallest absolute Gasteiger partial charge is 0.253 e. The van der Waals surface area contributed by atoms with Gasteiger partial charge in [-0.05, 0) is 39.2 Å². The van der Waals surface area contributed by atoms with Crippen molar-refractivity contribution in [2.45, 2.75) is 6.42 Å². The van der Waals surface area contributed by atoms with Gasteiger partial charge in [-0.2, -0.15) is 0 Å². The van der Waals surface area contributed by atoms with E-state index in [4.69, 9.17) is 0 Å². The normalized spacial score (nSPS) is 15.2. The van der Waals surface area contributed by atoms with Crippen LogP contribution in [-0.4, -0.2) is 58.3 Å². The first-order valence-electron chi connectivity index (χ1n) is 8.85. The Balaban J connectivity index is 1.59. The minimum atomic E-state index is -0.370. The van der Waals surface area contributed by atoms with E-state index < -0.39 is 0 Å². The van der Waals surface area contributed by atoms with Gasteiger partial charge in [0.25, 0.3) is 10.9 Å². The number of para-hydroxylation sites is 1. The fraction of sp³-hybridized carbons (Fsp3) is 0.474. The van der Waals surface area contributed by atoms with Crippen molar-refractivity contribution in [2.24, 2.45) is 0 Å². The van der Waals surface area contributed by atoms with E-state index in [1.54, 1.807) is 0 Å². The summed E-state index contributed by atoms with van der Waals surface area (Å²) in [6, 6.07) is 10.3. The van der Waals surface area contributed by atoms with Crippen LogP contribution in [-0.2, 0) is 0 Å². The highest BCUT2D eigenvalue weighted by Crippen LogP contribution is 2.23. The molecule has 0 atom stereocenters. The number of benzene rings is 1. The first kappa shape index (κ1) is 17.5. The van der Waals surface area contributed by atoms with Gasteiger partial charge in [0.1, 0.15) is 11.4 Å². The van der Waals surface area contributed by atoms with E-state index in [1.807, 2.05) is 32.3 Å². The molecule has 6 nitrogen and oxygen atoms in total. The first-order valence-corrected chi connectivity index (χ1v) is 8.85. The topological polar surface area (TPSA) is 55.9 Å². The third-order valence-electron chi connectivity index (χ3n) is 4.69. The second-order valence-corrected chi connectivity index (χ2v) is 6.78. The molecule has 134 valence electrons. The highest BCUT2D eigenvalue weighted by Gasteiger charge is 2.28. The number of nitrogens with one attached hydrogen (secondary N) is 1. The number of hydrogen-bond donors (Lipinski definition) is 1. The van der Waals surface area contributed by atoms with Crippen molar-refractivity contribution in [2.75, 3.05) is 68.5 Å². The van der Waals surface area contributed by atoms with E-state index in [2.05, 4.69) is 32.1 Å². The second-order valence-electron chi connectivity index (χ2n) is 6.78. The lowest BCUT2D eigenvalue weighted by molar-refractivity contribution is 0.405. The average Bonchev–Trinajstić information content (AvgIpc) is 2.64. The van der Waals surface area contributed by atoms with Gasteiger partial charge in [0.15, 0.2) is 0 Å². The third kappa shape index (κ3) is 3.85. The molecule has 0 unspecified atom stereocenters. The number of piperazine rings is 1. The molecule has 0 spiro atoms. The van der Waals surface area contributed by atoms with Crippen LogP contribution in [0.3, 0.4) is 0 Å². The Morgan fingerprint density at radius 3 is 2.24 bits per heavy atom. The van der Waals surface area contributed by atoms with Crippen LogP contribution < -0.4 is 26.0 Å². The lowest BCUT2D eigenvalue weighted by Crippen LogP contribution is -2.51. The Hall–Kier alpha value is -2.34. The van der Waals surface area contributed by atoms with E-state index in [1.165, 1.54) is 5.69 Å². The van der Waals surface area contributed by atoms with Crippen LogP contribution in [0.5, 0.6) is 0 Å². The Kier molecular flexibility index (Phi) is 5.38. The predicted molar refractivity (Wildman–Crippen MR) is 104 cm³/mol. The summed E-state index contributed by atoms with van der Waals surface area (Å²) in [6.07, 6.45) is 0.938. The zero-order valence-electron chi connectivity index (χ0n) is 15.0. The fourth-order valence-electron chi connectivity index (χ4n) is 3.28. The molecule has 1 aliphatic rings. The van der Waals surface area contributed by atoms with E-state index in [-0.39, 0.29) is 10.9 Å². The van der Waals surface area contributed by atoms with Crippen molar-refractivity contribution in [3.8, 4) is 0 Å². The van der Waals surface area contributed by atoms with E-state index >= 15 is 0 Å². The molecule has 0 bridgehead atoms. The van der Waals surface area contributed by atoms with Crippen LogP contribution in [0.25, 0.3) is 0 Å². The lowest BCUT2D eigenvalue weighted by atomic mass is 10.1. The first-order chi connectivity index (χ1) is 12.1. The minimum Gasteiger partial charge on any atom is -0.380 e. The molecular weight excluding hydrogens is 316 g/mol. The van der Waals surface area contributed by atoms with Gasteiger partial charge >= 0.3 is 0 Å². The quantitative estimate of drug-likeness (QED) is 0.598. The molecule has 6 heteroatoms. The molecule has 1 N–H and O–H groups in total. The van der Waals surface area contributed by atoms with Crippen molar-refractivity contribution >= 4 is 17.1 Å². The molecule has 1 heterocycles. The summed E-state index contributed by atoms with van der Waals surface area (Å²) >= 11 is 0. The van der Waals surface area contributed by atoms with Crippen molar-refractivity contribution in [3.05, 3.63) is 50.8 Å². The summed E-state index contributed by atoms with van der Waals surface area (Å²) in [7, 11) is 4.05. The van der Waals surface area contributed by atoms with Gasteiger partial charge in [-0.15, -0.1) is 0 Å². The maximum absolute atomic E-state index is 12.1.